The van der Waals surface area contributed by atoms with Gasteiger partial charge in [0.25, 0.3) is 15.9 Å². The van der Waals surface area contributed by atoms with Crippen molar-refractivity contribution in [2.75, 3.05) is 16.8 Å². The highest BCUT2D eigenvalue weighted by Gasteiger charge is 2.17. The van der Waals surface area contributed by atoms with Gasteiger partial charge in [0.05, 0.1) is 4.90 Å². The number of aromatic nitrogens is 2. The summed E-state index contributed by atoms with van der Waals surface area (Å²) in [6, 6.07) is 13.9. The van der Waals surface area contributed by atoms with Crippen LogP contribution in [0.4, 0.5) is 11.6 Å². The van der Waals surface area contributed by atoms with Crippen LogP contribution in [-0.2, 0) is 14.8 Å². The van der Waals surface area contributed by atoms with Crippen molar-refractivity contribution < 1.29 is 22.7 Å². The lowest BCUT2D eigenvalue weighted by atomic mass is 10.1. The highest BCUT2D eigenvalue weighted by molar-refractivity contribution is 7.92. The van der Waals surface area contributed by atoms with Crippen molar-refractivity contribution >= 4 is 33.6 Å². The van der Waals surface area contributed by atoms with E-state index in [9.17, 15) is 18.5 Å². The van der Waals surface area contributed by atoms with Crippen molar-refractivity contribution in [2.45, 2.75) is 4.90 Å². The first-order chi connectivity index (χ1) is 15.4. The van der Waals surface area contributed by atoms with E-state index in [1.54, 1.807) is 24.3 Å². The number of nitriles is 1. The van der Waals surface area contributed by atoms with Crippen molar-refractivity contribution in [1.82, 2.24) is 9.97 Å². The number of amides is 1. The molecule has 0 bridgehead atoms. The monoisotopic (exact) mass is 449 g/mol. The minimum absolute atomic E-state index is 0.0423. The Labute approximate surface area is 183 Å². The van der Waals surface area contributed by atoms with Crippen LogP contribution in [-0.4, -0.2) is 31.1 Å². The summed E-state index contributed by atoms with van der Waals surface area (Å²) in [5, 5.41) is 12.0. The molecular formula is C21H15N5O5S. The summed E-state index contributed by atoms with van der Waals surface area (Å²) in [6.07, 6.45) is 4.24. The van der Waals surface area contributed by atoms with Crippen molar-refractivity contribution in [3.8, 4) is 17.6 Å². The first-order valence-corrected chi connectivity index (χ1v) is 10.7. The molecule has 1 amide bonds. The first kappa shape index (κ1) is 20.8. The molecule has 0 fully saturated rings. The van der Waals surface area contributed by atoms with Gasteiger partial charge in [0.15, 0.2) is 11.5 Å². The van der Waals surface area contributed by atoms with Gasteiger partial charge in [-0.3, -0.25) is 4.79 Å². The Hall–Kier alpha value is -4.43. The Morgan fingerprint density at radius 3 is 2.50 bits per heavy atom. The number of hydrogen-bond donors (Lipinski definition) is 2. The second-order valence-corrected chi connectivity index (χ2v) is 8.12. The molecule has 1 aliphatic rings. The Balaban J connectivity index is 1.46. The predicted octanol–water partition coefficient (Wildman–Crippen LogP) is 2.55. The molecule has 0 atom stereocenters. The fourth-order valence-corrected chi connectivity index (χ4v) is 3.72. The number of ether oxygens (including phenoxy) is 2. The minimum atomic E-state index is -3.90. The molecule has 0 radical (unpaired) electrons. The molecule has 160 valence electrons. The normalized spacial score (nSPS) is 12.7. The highest BCUT2D eigenvalue weighted by Crippen LogP contribution is 2.33. The molecule has 0 spiro atoms. The van der Waals surface area contributed by atoms with Crippen LogP contribution in [0.15, 0.2) is 71.4 Å². The van der Waals surface area contributed by atoms with Crippen LogP contribution in [0.2, 0.25) is 0 Å². The van der Waals surface area contributed by atoms with Crippen molar-refractivity contribution in [2.24, 2.45) is 0 Å². The molecule has 2 aromatic carbocycles. The van der Waals surface area contributed by atoms with E-state index < -0.39 is 15.9 Å². The lowest BCUT2D eigenvalue weighted by Gasteiger charge is -2.08. The third kappa shape index (κ3) is 4.66. The molecule has 0 unspecified atom stereocenters. The molecule has 10 nitrogen and oxygen atoms in total. The van der Waals surface area contributed by atoms with E-state index in [-0.39, 0.29) is 23.2 Å². The van der Waals surface area contributed by atoms with Gasteiger partial charge < -0.3 is 14.8 Å². The number of benzene rings is 2. The van der Waals surface area contributed by atoms with Gasteiger partial charge in [-0.05, 0) is 54.1 Å². The average molecular weight is 449 g/mol. The molecule has 2 heterocycles. The molecule has 11 heteroatoms. The number of rotatable bonds is 6. The molecular weight excluding hydrogens is 434 g/mol. The Kier molecular flexibility index (Phi) is 5.69. The van der Waals surface area contributed by atoms with Crippen LogP contribution >= 0.6 is 0 Å². The number of nitrogens with zero attached hydrogens (tertiary/aromatic N) is 3. The summed E-state index contributed by atoms with van der Waals surface area (Å²) in [4.78, 5) is 20.1. The molecule has 4 rings (SSSR count). The minimum Gasteiger partial charge on any atom is -0.454 e. The summed E-state index contributed by atoms with van der Waals surface area (Å²) in [5.74, 6) is 0.421. The first-order valence-electron chi connectivity index (χ1n) is 9.17. The second-order valence-electron chi connectivity index (χ2n) is 6.44. The quantitative estimate of drug-likeness (QED) is 0.432. The number of nitrogens with one attached hydrogen (secondary N) is 2. The highest BCUT2D eigenvalue weighted by atomic mass is 32.2. The number of fused-ring (bicyclic) bond motifs is 1. The zero-order valence-electron chi connectivity index (χ0n) is 16.3. The van der Waals surface area contributed by atoms with E-state index in [1.165, 1.54) is 42.7 Å². The SMILES string of the molecule is N#C/C(=C/c1ccc2c(c1)OCO2)C(=O)Nc1ccc(S(=O)(=O)Nc2ncccn2)cc1. The van der Waals surface area contributed by atoms with Crippen LogP contribution in [0.5, 0.6) is 11.5 Å². The van der Waals surface area contributed by atoms with E-state index in [0.29, 0.717) is 22.7 Å². The van der Waals surface area contributed by atoms with Gasteiger partial charge in [-0.25, -0.2) is 23.1 Å². The van der Waals surface area contributed by atoms with Crippen LogP contribution < -0.4 is 19.5 Å². The molecule has 0 saturated heterocycles. The van der Waals surface area contributed by atoms with Crippen LogP contribution in [0.3, 0.4) is 0 Å². The maximum Gasteiger partial charge on any atom is 0.266 e. The molecule has 0 aliphatic carbocycles. The second kappa shape index (κ2) is 8.75. The third-order valence-corrected chi connectivity index (χ3v) is 5.63. The van der Waals surface area contributed by atoms with E-state index >= 15 is 0 Å². The summed E-state index contributed by atoms with van der Waals surface area (Å²) in [6.45, 7) is 0.119. The summed E-state index contributed by atoms with van der Waals surface area (Å²) < 4.78 is 37.6. The molecule has 1 aromatic heterocycles. The van der Waals surface area contributed by atoms with Gasteiger partial charge in [0.2, 0.25) is 12.7 Å². The largest absolute Gasteiger partial charge is 0.454 e. The van der Waals surface area contributed by atoms with Gasteiger partial charge in [-0.1, -0.05) is 6.07 Å². The molecule has 3 aromatic rings. The average Bonchev–Trinajstić information content (AvgIpc) is 3.26. The number of hydrogen-bond acceptors (Lipinski definition) is 8. The fraction of sp³-hybridized carbons (Fsp3) is 0.0476. The maximum atomic E-state index is 12.5. The van der Waals surface area contributed by atoms with Crippen LogP contribution in [0.1, 0.15) is 5.56 Å². The van der Waals surface area contributed by atoms with Crippen LogP contribution in [0.25, 0.3) is 6.08 Å². The third-order valence-electron chi connectivity index (χ3n) is 4.29. The van der Waals surface area contributed by atoms with Gasteiger partial charge in [-0.2, -0.15) is 5.26 Å². The number of carbonyl (C=O) groups excluding carboxylic acids is 1. The summed E-state index contributed by atoms with van der Waals surface area (Å²) in [5.41, 5.74) is 0.775. The van der Waals surface area contributed by atoms with E-state index in [0.717, 1.165) is 0 Å². The number of anilines is 2. The standard InChI is InChI=1S/C21H15N5O5S/c22-12-15(10-14-2-7-18-19(11-14)31-13-30-18)20(27)25-16-3-5-17(6-4-16)32(28,29)26-21-23-8-1-9-24-21/h1-11H,13H2,(H,25,27)(H,23,24,26)/b15-10-. The smallest absolute Gasteiger partial charge is 0.266 e. The molecule has 0 saturated carbocycles. The maximum absolute atomic E-state index is 12.5. The van der Waals surface area contributed by atoms with Crippen molar-refractivity contribution in [3.05, 3.63) is 72.1 Å². The predicted molar refractivity (Wildman–Crippen MR) is 114 cm³/mol. The van der Waals surface area contributed by atoms with Gasteiger partial charge in [0, 0.05) is 18.1 Å². The topological polar surface area (TPSA) is 143 Å². The Morgan fingerprint density at radius 2 is 1.78 bits per heavy atom. The zero-order chi connectivity index (χ0) is 22.6. The molecule has 2 N–H and O–H groups in total. The van der Waals surface area contributed by atoms with Crippen LogP contribution in [0, 0.1) is 11.3 Å². The fourth-order valence-electron chi connectivity index (χ4n) is 2.76. The summed E-state index contributed by atoms with van der Waals surface area (Å²) in [7, 11) is -3.90. The van der Waals surface area contributed by atoms with Gasteiger partial charge in [-0.15, -0.1) is 0 Å². The van der Waals surface area contributed by atoms with Crippen molar-refractivity contribution in [1.29, 1.82) is 5.26 Å². The Morgan fingerprint density at radius 1 is 1.06 bits per heavy atom. The molecule has 1 aliphatic heterocycles. The Bertz CT molecular complexity index is 1330. The van der Waals surface area contributed by atoms with Crippen molar-refractivity contribution in [3.63, 3.8) is 0 Å². The zero-order valence-corrected chi connectivity index (χ0v) is 17.2. The van der Waals surface area contributed by atoms with Gasteiger partial charge >= 0.3 is 0 Å². The molecule has 32 heavy (non-hydrogen) atoms. The van der Waals surface area contributed by atoms with Gasteiger partial charge in [0.1, 0.15) is 11.6 Å². The number of sulfonamides is 1. The number of carbonyl (C=O) groups is 1. The van der Waals surface area contributed by atoms with E-state index in [1.807, 2.05) is 6.07 Å². The lowest BCUT2D eigenvalue weighted by Crippen LogP contribution is -2.16. The lowest BCUT2D eigenvalue weighted by molar-refractivity contribution is -0.112. The summed E-state index contributed by atoms with van der Waals surface area (Å²) >= 11 is 0. The van der Waals surface area contributed by atoms with E-state index in [4.69, 9.17) is 9.47 Å². The van der Waals surface area contributed by atoms with E-state index in [2.05, 4.69) is 20.0 Å².